The zero-order chi connectivity index (χ0) is 20.1. The molecule has 2 N–H and O–H groups in total. The molecule has 0 radical (unpaired) electrons. The number of hydrogen-bond donors (Lipinski definition) is 2. The fourth-order valence-electron chi connectivity index (χ4n) is 3.53. The van der Waals surface area contributed by atoms with Crippen LogP contribution in [0, 0.1) is 0 Å². The number of nitrogens with one attached hydrogen (secondary N) is 2. The van der Waals surface area contributed by atoms with E-state index in [1.807, 2.05) is 30.5 Å². The molecule has 1 aliphatic rings. The van der Waals surface area contributed by atoms with Crippen LogP contribution in [0.3, 0.4) is 0 Å². The number of amides is 1. The Morgan fingerprint density at radius 2 is 2.00 bits per heavy atom. The first-order chi connectivity index (χ1) is 13.6. The van der Waals surface area contributed by atoms with Gasteiger partial charge in [-0.2, -0.15) is 0 Å². The summed E-state index contributed by atoms with van der Waals surface area (Å²) in [5.41, 5.74) is 2.18. The average molecular weight is 420 g/mol. The predicted octanol–water partition coefficient (Wildman–Crippen LogP) is 3.25. The van der Waals surface area contributed by atoms with Gasteiger partial charge in [0.1, 0.15) is 11.5 Å². The summed E-state index contributed by atoms with van der Waals surface area (Å²) >= 11 is 3.15. The number of ether oxygens (including phenoxy) is 1. The van der Waals surface area contributed by atoms with E-state index in [1.54, 1.807) is 18.7 Å². The lowest BCUT2D eigenvalue weighted by atomic mass is 10.0. The molecule has 0 aliphatic carbocycles. The van der Waals surface area contributed by atoms with Gasteiger partial charge in [-0.1, -0.05) is 6.92 Å². The van der Waals surface area contributed by atoms with Crippen molar-refractivity contribution in [2.24, 2.45) is 0 Å². The van der Waals surface area contributed by atoms with E-state index in [0.717, 1.165) is 42.9 Å². The number of anilines is 1. The summed E-state index contributed by atoms with van der Waals surface area (Å²) in [4.78, 5) is 29.2. The van der Waals surface area contributed by atoms with E-state index in [9.17, 15) is 9.59 Å². The Hall–Kier alpha value is -1.83. The molecular formula is C21H27N2O3S2+. The minimum absolute atomic E-state index is 0.199. The average Bonchev–Trinajstić information content (AvgIpc) is 3.05. The Morgan fingerprint density at radius 3 is 2.64 bits per heavy atom. The van der Waals surface area contributed by atoms with Gasteiger partial charge < -0.3 is 15.0 Å². The second-order valence-electron chi connectivity index (χ2n) is 6.79. The number of fused-ring (bicyclic) bond motifs is 1. The molecule has 1 atom stereocenters. The van der Waals surface area contributed by atoms with E-state index in [2.05, 4.69) is 12.2 Å². The highest BCUT2D eigenvalue weighted by Crippen LogP contribution is 2.35. The third-order valence-corrected chi connectivity index (χ3v) is 6.78. The molecule has 1 aliphatic heterocycles. The summed E-state index contributed by atoms with van der Waals surface area (Å²) in [6, 6.07) is 7.48. The van der Waals surface area contributed by atoms with Gasteiger partial charge in [0.15, 0.2) is 0 Å². The molecular weight excluding hydrogens is 392 g/mol. The van der Waals surface area contributed by atoms with E-state index in [0.29, 0.717) is 22.7 Å². The van der Waals surface area contributed by atoms with Gasteiger partial charge in [0, 0.05) is 16.9 Å². The smallest absolute Gasteiger partial charge is 0.341 e. The van der Waals surface area contributed by atoms with Crippen molar-refractivity contribution in [2.75, 3.05) is 31.3 Å². The highest BCUT2D eigenvalue weighted by atomic mass is 32.2. The van der Waals surface area contributed by atoms with Crippen LogP contribution in [-0.4, -0.2) is 37.8 Å². The molecule has 0 saturated heterocycles. The Balaban J connectivity index is 1.88. The predicted molar refractivity (Wildman–Crippen MR) is 115 cm³/mol. The zero-order valence-electron chi connectivity index (χ0n) is 16.6. The number of benzene rings is 1. The van der Waals surface area contributed by atoms with E-state index < -0.39 is 0 Å². The van der Waals surface area contributed by atoms with Crippen molar-refractivity contribution in [3.05, 3.63) is 45.8 Å². The van der Waals surface area contributed by atoms with Crippen LogP contribution < -0.4 is 10.2 Å². The first kappa shape index (κ1) is 20.9. The monoisotopic (exact) mass is 419 g/mol. The number of carbonyl (C=O) groups is 2. The number of thioether (sulfide) groups is 1. The maximum atomic E-state index is 12.8. The van der Waals surface area contributed by atoms with Crippen LogP contribution in [0.15, 0.2) is 29.2 Å². The third-order valence-electron chi connectivity index (χ3n) is 4.89. The largest absolute Gasteiger partial charge is 0.462 e. The van der Waals surface area contributed by atoms with Crippen molar-refractivity contribution >= 4 is 40.0 Å². The lowest BCUT2D eigenvalue weighted by Crippen LogP contribution is -3.11. The van der Waals surface area contributed by atoms with Gasteiger partial charge in [-0.25, -0.2) is 4.79 Å². The summed E-state index contributed by atoms with van der Waals surface area (Å²) in [6.45, 7) is 7.34. The molecule has 2 heterocycles. The molecule has 5 nitrogen and oxygen atoms in total. The van der Waals surface area contributed by atoms with Gasteiger partial charge in [0.25, 0.3) is 5.91 Å². The second kappa shape index (κ2) is 9.58. The van der Waals surface area contributed by atoms with E-state index in [4.69, 9.17) is 4.74 Å². The van der Waals surface area contributed by atoms with Crippen LogP contribution in [0.25, 0.3) is 0 Å². The van der Waals surface area contributed by atoms with Crippen LogP contribution in [0.5, 0.6) is 0 Å². The zero-order valence-corrected chi connectivity index (χ0v) is 18.2. The highest BCUT2D eigenvalue weighted by molar-refractivity contribution is 7.98. The summed E-state index contributed by atoms with van der Waals surface area (Å²) in [6.07, 6.45) is 3.98. The van der Waals surface area contributed by atoms with Crippen LogP contribution in [0.4, 0.5) is 5.00 Å². The highest BCUT2D eigenvalue weighted by Gasteiger charge is 2.31. The number of quaternary nitrogens is 1. The third kappa shape index (κ3) is 4.59. The van der Waals surface area contributed by atoms with Gasteiger partial charge in [0.05, 0.1) is 30.1 Å². The van der Waals surface area contributed by atoms with Crippen LogP contribution >= 0.6 is 23.1 Å². The SMILES string of the molecule is CCC[NH+]1CCc2c(sc(NC(=O)c3ccc(SC)cc3)c2C(=O)OCC)C1. The molecule has 1 aromatic heterocycles. The maximum Gasteiger partial charge on any atom is 0.341 e. The van der Waals surface area contributed by atoms with Crippen molar-refractivity contribution in [2.45, 2.75) is 38.1 Å². The van der Waals surface area contributed by atoms with Crippen LogP contribution in [0.2, 0.25) is 0 Å². The fraction of sp³-hybridized carbons (Fsp3) is 0.429. The number of carbonyl (C=O) groups excluding carboxylic acids is 2. The first-order valence-corrected chi connectivity index (χ1v) is 11.7. The molecule has 28 heavy (non-hydrogen) atoms. The quantitative estimate of drug-likeness (QED) is 0.534. The number of thiophene rings is 1. The van der Waals surface area contributed by atoms with Gasteiger partial charge in [-0.15, -0.1) is 23.1 Å². The maximum absolute atomic E-state index is 12.8. The Morgan fingerprint density at radius 1 is 1.25 bits per heavy atom. The molecule has 0 fully saturated rings. The lowest BCUT2D eigenvalue weighted by Gasteiger charge is -2.23. The fourth-order valence-corrected chi connectivity index (χ4v) is 5.24. The van der Waals surface area contributed by atoms with Crippen LogP contribution in [-0.2, 0) is 17.7 Å². The molecule has 0 spiro atoms. The minimum atomic E-state index is -0.341. The Kier molecular flexibility index (Phi) is 7.15. The summed E-state index contributed by atoms with van der Waals surface area (Å²) in [5, 5.41) is 3.58. The van der Waals surface area contributed by atoms with Gasteiger partial charge in [0.2, 0.25) is 0 Å². The molecule has 3 rings (SSSR count). The first-order valence-electron chi connectivity index (χ1n) is 9.68. The van der Waals surface area contributed by atoms with E-state index in [1.165, 1.54) is 21.1 Å². The Labute approximate surface area is 174 Å². The second-order valence-corrected chi connectivity index (χ2v) is 8.77. The molecule has 0 bridgehead atoms. The molecule has 150 valence electrons. The molecule has 2 aromatic rings. The summed E-state index contributed by atoms with van der Waals surface area (Å²) in [5.74, 6) is -0.540. The van der Waals surface area contributed by atoms with Gasteiger partial charge >= 0.3 is 5.97 Å². The lowest BCUT2D eigenvalue weighted by molar-refractivity contribution is -0.915. The number of esters is 1. The van der Waals surface area contributed by atoms with Crippen molar-refractivity contribution in [3.8, 4) is 0 Å². The van der Waals surface area contributed by atoms with Crippen LogP contribution in [0.1, 0.15) is 51.4 Å². The number of hydrogen-bond acceptors (Lipinski definition) is 5. The number of rotatable bonds is 7. The van der Waals surface area contributed by atoms with Gasteiger partial charge in [-0.05, 0) is 49.4 Å². The molecule has 7 heteroatoms. The standard InChI is InChI=1S/C21H26N2O3S2/c1-4-11-23-12-10-16-17(13-23)28-20(18(16)21(25)26-5-2)22-19(24)14-6-8-15(27-3)9-7-14/h6-9H,4-5,10-13H2,1-3H3,(H,22,24)/p+1. The minimum Gasteiger partial charge on any atom is -0.462 e. The molecule has 1 aromatic carbocycles. The topological polar surface area (TPSA) is 59.8 Å². The molecule has 1 unspecified atom stereocenters. The Bertz CT molecular complexity index is 846. The van der Waals surface area contributed by atoms with Crippen molar-refractivity contribution in [1.82, 2.24) is 0 Å². The van der Waals surface area contributed by atoms with Crippen molar-refractivity contribution in [3.63, 3.8) is 0 Å². The summed E-state index contributed by atoms with van der Waals surface area (Å²) in [7, 11) is 0. The normalized spacial score (nSPS) is 15.8. The van der Waals surface area contributed by atoms with Crippen molar-refractivity contribution < 1.29 is 19.2 Å². The van der Waals surface area contributed by atoms with Crippen molar-refractivity contribution in [1.29, 1.82) is 0 Å². The molecule has 0 saturated carbocycles. The van der Waals surface area contributed by atoms with E-state index >= 15 is 0 Å². The molecule has 1 amide bonds. The van der Waals surface area contributed by atoms with E-state index in [-0.39, 0.29) is 11.9 Å². The summed E-state index contributed by atoms with van der Waals surface area (Å²) < 4.78 is 5.29. The van der Waals surface area contributed by atoms with Gasteiger partial charge in [-0.3, -0.25) is 4.79 Å².